The molecule has 0 unspecified atom stereocenters. The predicted octanol–water partition coefficient (Wildman–Crippen LogP) is 3.60. The van der Waals surface area contributed by atoms with Gasteiger partial charge in [0, 0.05) is 10.0 Å². The van der Waals surface area contributed by atoms with E-state index >= 15 is 0 Å². The monoisotopic (exact) mass is 278 g/mol. The highest BCUT2D eigenvalue weighted by molar-refractivity contribution is 9.10. The Morgan fingerprint density at radius 1 is 1.47 bits per heavy atom. The van der Waals surface area contributed by atoms with Gasteiger partial charge in [-0.1, -0.05) is 15.9 Å². The van der Waals surface area contributed by atoms with E-state index in [9.17, 15) is 13.6 Å². The Bertz CT molecular complexity index is 391. The molecule has 0 saturated heterocycles. The van der Waals surface area contributed by atoms with E-state index in [0.717, 1.165) is 0 Å². The van der Waals surface area contributed by atoms with Crippen molar-refractivity contribution in [3.8, 4) is 5.75 Å². The number of carbonyl (C=O) groups excluding carboxylic acids is 1. The van der Waals surface area contributed by atoms with E-state index in [0.29, 0.717) is 4.47 Å². The molecule has 5 heteroatoms. The second-order valence-corrected chi connectivity index (χ2v) is 3.75. The van der Waals surface area contributed by atoms with E-state index < -0.39 is 12.2 Å². The quantitative estimate of drug-likeness (QED) is 0.790. The lowest BCUT2D eigenvalue weighted by Gasteiger charge is -2.12. The molecule has 0 aliphatic rings. The number of methoxy groups -OCH3 is 1. The molecule has 0 bridgehead atoms. The number of hydrogen-bond acceptors (Lipinski definition) is 2. The van der Waals surface area contributed by atoms with Crippen LogP contribution < -0.4 is 4.74 Å². The van der Waals surface area contributed by atoms with Gasteiger partial charge in [-0.25, -0.2) is 8.78 Å². The lowest BCUT2D eigenvalue weighted by Crippen LogP contribution is -2.04. The van der Waals surface area contributed by atoms with Crippen molar-refractivity contribution < 1.29 is 18.3 Å². The molecule has 0 radical (unpaired) electrons. The Balaban J connectivity index is 3.51. The number of halogens is 3. The minimum absolute atomic E-state index is 0.0237. The second kappa shape index (κ2) is 4.70. The molecule has 1 rings (SSSR count). The number of carbonyl (C=O) groups is 1. The molecule has 15 heavy (non-hydrogen) atoms. The van der Waals surface area contributed by atoms with Crippen molar-refractivity contribution in [2.24, 2.45) is 0 Å². The van der Waals surface area contributed by atoms with Crippen molar-refractivity contribution in [1.29, 1.82) is 0 Å². The van der Waals surface area contributed by atoms with Crippen molar-refractivity contribution in [3.63, 3.8) is 0 Å². The average molecular weight is 279 g/mol. The normalized spacial score (nSPS) is 10.5. The zero-order chi connectivity index (χ0) is 11.6. The van der Waals surface area contributed by atoms with Crippen LogP contribution >= 0.6 is 15.9 Å². The van der Waals surface area contributed by atoms with Crippen LogP contribution in [0.15, 0.2) is 16.6 Å². The van der Waals surface area contributed by atoms with E-state index in [1.807, 2.05) is 0 Å². The van der Waals surface area contributed by atoms with Crippen molar-refractivity contribution in [2.45, 2.75) is 13.3 Å². The molecule has 0 spiro atoms. The van der Waals surface area contributed by atoms with Gasteiger partial charge in [0.15, 0.2) is 5.78 Å². The third kappa shape index (κ3) is 2.34. The summed E-state index contributed by atoms with van der Waals surface area (Å²) in [6.45, 7) is 1.24. The van der Waals surface area contributed by atoms with Gasteiger partial charge in [-0.15, -0.1) is 0 Å². The Hall–Kier alpha value is -0.970. The first-order chi connectivity index (χ1) is 6.99. The second-order valence-electron chi connectivity index (χ2n) is 2.90. The van der Waals surface area contributed by atoms with Crippen molar-refractivity contribution in [3.05, 3.63) is 27.7 Å². The maximum Gasteiger partial charge on any atom is 0.268 e. The first kappa shape index (κ1) is 12.1. The highest BCUT2D eigenvalue weighted by Gasteiger charge is 2.23. The Morgan fingerprint density at radius 2 is 2.07 bits per heavy atom. The molecule has 0 aliphatic heterocycles. The van der Waals surface area contributed by atoms with Crippen LogP contribution in [0.25, 0.3) is 0 Å². The van der Waals surface area contributed by atoms with E-state index in [1.54, 1.807) is 0 Å². The molecule has 0 heterocycles. The SMILES string of the molecule is COc1ccc(Br)c(C(C)=O)c1C(F)F. The maximum atomic E-state index is 12.8. The predicted molar refractivity (Wildman–Crippen MR) is 55.7 cm³/mol. The van der Waals surface area contributed by atoms with Crippen LogP contribution in [0.1, 0.15) is 29.3 Å². The summed E-state index contributed by atoms with van der Waals surface area (Å²) >= 11 is 3.07. The standard InChI is InChI=1S/C10H9BrF2O2/c1-5(14)8-6(11)3-4-7(15-2)9(8)10(12)13/h3-4,10H,1-2H3. The first-order valence-electron chi connectivity index (χ1n) is 4.14. The van der Waals surface area contributed by atoms with Gasteiger partial charge in [0.05, 0.1) is 12.7 Å². The van der Waals surface area contributed by atoms with Gasteiger partial charge in [-0.05, 0) is 19.1 Å². The van der Waals surface area contributed by atoms with E-state index in [1.165, 1.54) is 26.2 Å². The third-order valence-electron chi connectivity index (χ3n) is 1.94. The zero-order valence-corrected chi connectivity index (χ0v) is 9.77. The summed E-state index contributed by atoms with van der Waals surface area (Å²) in [6.07, 6.45) is -2.74. The topological polar surface area (TPSA) is 26.3 Å². The molecule has 0 fully saturated rings. The van der Waals surface area contributed by atoms with Gasteiger partial charge in [-0.3, -0.25) is 4.79 Å². The van der Waals surface area contributed by atoms with Crippen LogP contribution in [-0.2, 0) is 0 Å². The van der Waals surface area contributed by atoms with Gasteiger partial charge in [0.2, 0.25) is 0 Å². The zero-order valence-electron chi connectivity index (χ0n) is 8.18. The number of ether oxygens (including phenoxy) is 1. The minimum Gasteiger partial charge on any atom is -0.496 e. The Labute approximate surface area is 94.4 Å². The molecule has 0 saturated carbocycles. The number of rotatable bonds is 3. The summed E-state index contributed by atoms with van der Waals surface area (Å²) < 4.78 is 30.7. The lowest BCUT2D eigenvalue weighted by atomic mass is 10.0. The van der Waals surface area contributed by atoms with Crippen molar-refractivity contribution >= 4 is 21.7 Å². The molecule has 0 atom stereocenters. The van der Waals surface area contributed by atoms with Gasteiger partial charge >= 0.3 is 0 Å². The number of benzene rings is 1. The summed E-state index contributed by atoms with van der Waals surface area (Å²) in [5.74, 6) is -0.394. The Kier molecular flexibility index (Phi) is 3.79. The smallest absolute Gasteiger partial charge is 0.268 e. The highest BCUT2D eigenvalue weighted by atomic mass is 79.9. The molecule has 1 aromatic carbocycles. The number of alkyl halides is 2. The van der Waals surface area contributed by atoms with Crippen LogP contribution in [0.2, 0.25) is 0 Å². The van der Waals surface area contributed by atoms with Crippen LogP contribution in [-0.4, -0.2) is 12.9 Å². The van der Waals surface area contributed by atoms with Crippen molar-refractivity contribution in [2.75, 3.05) is 7.11 Å². The molecule has 0 aromatic heterocycles. The molecule has 2 nitrogen and oxygen atoms in total. The molecule has 1 aromatic rings. The fraction of sp³-hybridized carbons (Fsp3) is 0.300. The minimum atomic E-state index is -2.74. The number of Topliss-reactive ketones (excluding diaryl/α,β-unsaturated/α-hetero) is 1. The highest BCUT2D eigenvalue weighted by Crippen LogP contribution is 2.36. The first-order valence-corrected chi connectivity index (χ1v) is 4.93. The Morgan fingerprint density at radius 3 is 2.47 bits per heavy atom. The summed E-state index contributed by atoms with van der Waals surface area (Å²) in [5.41, 5.74) is -0.385. The van der Waals surface area contributed by atoms with E-state index in [-0.39, 0.29) is 16.9 Å². The maximum absolute atomic E-state index is 12.8. The van der Waals surface area contributed by atoms with Crippen LogP contribution in [0.4, 0.5) is 8.78 Å². The van der Waals surface area contributed by atoms with E-state index in [2.05, 4.69) is 15.9 Å². The largest absolute Gasteiger partial charge is 0.496 e. The summed E-state index contributed by atoms with van der Waals surface area (Å²) in [6, 6.07) is 2.92. The summed E-state index contributed by atoms with van der Waals surface area (Å²) in [5, 5.41) is 0. The molecule has 0 aliphatic carbocycles. The van der Waals surface area contributed by atoms with Crippen LogP contribution in [0.5, 0.6) is 5.75 Å². The average Bonchev–Trinajstić information content (AvgIpc) is 2.16. The lowest BCUT2D eigenvalue weighted by molar-refractivity contribution is 0.0995. The van der Waals surface area contributed by atoms with Gasteiger partial charge < -0.3 is 4.74 Å². The molecular weight excluding hydrogens is 270 g/mol. The van der Waals surface area contributed by atoms with Gasteiger partial charge in [0.1, 0.15) is 5.75 Å². The van der Waals surface area contributed by atoms with E-state index in [4.69, 9.17) is 4.74 Å². The summed E-state index contributed by atoms with van der Waals surface area (Å²) in [7, 11) is 1.29. The fourth-order valence-electron chi connectivity index (χ4n) is 1.33. The van der Waals surface area contributed by atoms with Crippen LogP contribution in [0, 0.1) is 0 Å². The molecule has 0 N–H and O–H groups in total. The fourth-order valence-corrected chi connectivity index (χ4v) is 1.95. The molecule has 82 valence electrons. The molecular formula is C10H9BrF2O2. The third-order valence-corrected chi connectivity index (χ3v) is 2.61. The van der Waals surface area contributed by atoms with Gasteiger partial charge in [-0.2, -0.15) is 0 Å². The van der Waals surface area contributed by atoms with Crippen molar-refractivity contribution in [1.82, 2.24) is 0 Å². The number of hydrogen-bond donors (Lipinski definition) is 0. The van der Waals surface area contributed by atoms with Gasteiger partial charge in [0.25, 0.3) is 6.43 Å². The number of ketones is 1. The van der Waals surface area contributed by atoms with Crippen LogP contribution in [0.3, 0.4) is 0 Å². The summed E-state index contributed by atoms with van der Waals surface area (Å²) in [4.78, 5) is 11.2. The molecule has 0 amide bonds.